The lowest BCUT2D eigenvalue weighted by Crippen LogP contribution is -2.27. The van der Waals surface area contributed by atoms with Gasteiger partial charge in [0.1, 0.15) is 29.6 Å². The molecule has 1 aliphatic rings. The molecule has 1 saturated heterocycles. The minimum Gasteiger partial charge on any atom is -0.478 e. The number of hydrogen-bond donors (Lipinski definition) is 1. The van der Waals surface area contributed by atoms with Gasteiger partial charge in [-0.3, -0.25) is 0 Å². The molecule has 0 aliphatic carbocycles. The Labute approximate surface area is 255 Å². The molecular weight excluding hydrogens is 597 g/mol. The second-order valence-corrected chi connectivity index (χ2v) is 11.7. The Hall–Kier alpha value is -4.48. The van der Waals surface area contributed by atoms with Crippen molar-refractivity contribution >= 4 is 28.6 Å². The molecule has 1 aliphatic heterocycles. The van der Waals surface area contributed by atoms with E-state index >= 15 is 13.2 Å². The third kappa shape index (κ3) is 5.72. The average Bonchev–Trinajstić information content (AvgIpc) is 3.52. The molecule has 12 heteroatoms. The SMILES string of the molecule is CC1(C)COC[C@H]1n1c(Cc2cc(F)c(-c3ccnc(OCc4ccc(Cl)cc4)n3)cc2F)nc2c(F)cc(C(=O)O)cc21. The number of ether oxygens (including phenoxy) is 2. The summed E-state index contributed by atoms with van der Waals surface area (Å²) in [6, 6.07) is 12.4. The van der Waals surface area contributed by atoms with Gasteiger partial charge in [0.05, 0.1) is 36.0 Å². The van der Waals surface area contributed by atoms with Gasteiger partial charge in [0.15, 0.2) is 5.82 Å². The number of benzene rings is 3. The summed E-state index contributed by atoms with van der Waals surface area (Å²) in [6.07, 6.45) is 1.20. The summed E-state index contributed by atoms with van der Waals surface area (Å²) in [7, 11) is 0. The smallest absolute Gasteiger partial charge is 0.335 e. The summed E-state index contributed by atoms with van der Waals surface area (Å²) in [4.78, 5) is 24.4. The van der Waals surface area contributed by atoms with Crippen LogP contribution in [-0.4, -0.2) is 43.8 Å². The van der Waals surface area contributed by atoms with Crippen molar-refractivity contribution < 1.29 is 32.5 Å². The lowest BCUT2D eigenvalue weighted by molar-refractivity contribution is 0.0696. The highest BCUT2D eigenvalue weighted by atomic mass is 35.5. The fourth-order valence-corrected chi connectivity index (χ4v) is 5.48. The van der Waals surface area contributed by atoms with Crippen LogP contribution < -0.4 is 4.74 Å². The molecule has 6 rings (SSSR count). The van der Waals surface area contributed by atoms with Gasteiger partial charge in [-0.15, -0.1) is 0 Å². The van der Waals surface area contributed by atoms with E-state index in [1.165, 1.54) is 18.3 Å². The van der Waals surface area contributed by atoms with E-state index in [9.17, 15) is 9.90 Å². The Kier molecular flexibility index (Phi) is 7.77. The van der Waals surface area contributed by atoms with Gasteiger partial charge in [-0.25, -0.2) is 27.9 Å². The summed E-state index contributed by atoms with van der Waals surface area (Å²) < 4.78 is 59.2. The van der Waals surface area contributed by atoms with E-state index in [1.807, 2.05) is 13.8 Å². The summed E-state index contributed by atoms with van der Waals surface area (Å²) in [5, 5.41) is 10.1. The summed E-state index contributed by atoms with van der Waals surface area (Å²) in [5.74, 6) is -3.34. The van der Waals surface area contributed by atoms with Gasteiger partial charge in [0.2, 0.25) is 0 Å². The number of nitrogens with zero attached hydrogens (tertiary/aromatic N) is 4. The van der Waals surface area contributed by atoms with Crippen molar-refractivity contribution in [1.82, 2.24) is 19.5 Å². The number of carbonyl (C=O) groups is 1. The van der Waals surface area contributed by atoms with Crippen molar-refractivity contribution in [2.45, 2.75) is 32.9 Å². The molecule has 44 heavy (non-hydrogen) atoms. The number of halogens is 4. The zero-order valence-corrected chi connectivity index (χ0v) is 24.4. The topological polar surface area (TPSA) is 99.4 Å². The van der Waals surface area contributed by atoms with E-state index in [2.05, 4.69) is 15.0 Å². The lowest BCUT2D eigenvalue weighted by atomic mass is 9.87. The molecule has 3 heterocycles. The monoisotopic (exact) mass is 622 g/mol. The van der Waals surface area contributed by atoms with Crippen molar-refractivity contribution in [3.8, 4) is 17.3 Å². The van der Waals surface area contributed by atoms with E-state index in [-0.39, 0.29) is 70.9 Å². The van der Waals surface area contributed by atoms with Gasteiger partial charge < -0.3 is 19.1 Å². The number of imidazole rings is 1. The third-order valence-corrected chi connectivity index (χ3v) is 7.96. The number of aromatic carboxylic acids is 1. The maximum Gasteiger partial charge on any atom is 0.335 e. The molecule has 0 bridgehead atoms. The van der Waals surface area contributed by atoms with E-state index in [0.29, 0.717) is 11.6 Å². The fraction of sp³-hybridized carbons (Fsp3) is 0.250. The third-order valence-electron chi connectivity index (χ3n) is 7.71. The molecule has 1 fully saturated rings. The second-order valence-electron chi connectivity index (χ2n) is 11.3. The lowest BCUT2D eigenvalue weighted by Gasteiger charge is -2.28. The normalized spacial score (nSPS) is 16.0. The van der Waals surface area contributed by atoms with Crippen LogP contribution in [-0.2, 0) is 17.8 Å². The highest BCUT2D eigenvalue weighted by molar-refractivity contribution is 6.30. The molecule has 0 spiro atoms. The molecule has 0 saturated carbocycles. The zero-order valence-electron chi connectivity index (χ0n) is 23.7. The fourth-order valence-electron chi connectivity index (χ4n) is 5.36. The van der Waals surface area contributed by atoms with Gasteiger partial charge >= 0.3 is 12.0 Å². The number of carboxylic acids is 1. The van der Waals surface area contributed by atoms with Crippen molar-refractivity contribution in [2.24, 2.45) is 5.41 Å². The van der Waals surface area contributed by atoms with Crippen LogP contribution in [0.4, 0.5) is 13.2 Å². The molecule has 1 atom stereocenters. The standard InChI is InChI=1S/C32H26ClF3N4O4/c1-32(2)16-43-15-27(32)40-26-11-19(30(41)42)10-24(36)29(26)39-28(40)12-18-9-23(35)21(13-22(18)34)25-7-8-37-31(38-25)44-14-17-3-5-20(33)6-4-17/h3-11,13,27H,12,14-16H2,1-2H3,(H,41,42)/t27-/m1/s1. The number of fused-ring (bicyclic) bond motifs is 1. The van der Waals surface area contributed by atoms with Crippen LogP contribution in [0.5, 0.6) is 6.01 Å². The molecule has 0 amide bonds. The highest BCUT2D eigenvalue weighted by Crippen LogP contribution is 2.41. The first-order valence-electron chi connectivity index (χ1n) is 13.7. The quantitative estimate of drug-likeness (QED) is 0.198. The van der Waals surface area contributed by atoms with E-state index < -0.39 is 28.8 Å². The Morgan fingerprint density at radius 1 is 1.07 bits per heavy atom. The molecule has 8 nitrogen and oxygen atoms in total. The van der Waals surface area contributed by atoms with Crippen LogP contribution in [0.3, 0.4) is 0 Å². The molecule has 0 radical (unpaired) electrons. The predicted octanol–water partition coefficient (Wildman–Crippen LogP) is 7.03. The van der Waals surface area contributed by atoms with Crippen molar-refractivity contribution in [3.63, 3.8) is 0 Å². The first-order valence-corrected chi connectivity index (χ1v) is 14.1. The van der Waals surface area contributed by atoms with Crippen LogP contribution in [0.1, 0.15) is 47.2 Å². The summed E-state index contributed by atoms with van der Waals surface area (Å²) >= 11 is 5.91. The van der Waals surface area contributed by atoms with E-state index in [4.69, 9.17) is 21.1 Å². The largest absolute Gasteiger partial charge is 0.478 e. The average molecular weight is 623 g/mol. The number of rotatable bonds is 8. The zero-order chi connectivity index (χ0) is 31.2. The van der Waals surface area contributed by atoms with Gasteiger partial charge in [0, 0.05) is 28.6 Å². The van der Waals surface area contributed by atoms with E-state index in [1.54, 1.807) is 28.8 Å². The minimum absolute atomic E-state index is 0.0146. The molecule has 5 aromatic rings. The molecular formula is C32H26ClF3N4O4. The van der Waals surface area contributed by atoms with Crippen molar-refractivity contribution in [3.05, 3.63) is 106 Å². The maximum absolute atomic E-state index is 15.6. The van der Waals surface area contributed by atoms with Gasteiger partial charge in [-0.1, -0.05) is 37.6 Å². The summed E-state index contributed by atoms with van der Waals surface area (Å²) in [5.41, 5.74) is 0.335. The first-order chi connectivity index (χ1) is 21.0. The van der Waals surface area contributed by atoms with Crippen LogP contribution in [0, 0.1) is 22.9 Å². The van der Waals surface area contributed by atoms with Gasteiger partial charge in [-0.2, -0.15) is 4.98 Å². The second kappa shape index (κ2) is 11.5. The Balaban J connectivity index is 1.34. The van der Waals surface area contributed by atoms with Crippen LogP contribution >= 0.6 is 11.6 Å². The van der Waals surface area contributed by atoms with Gasteiger partial charge in [0.25, 0.3) is 0 Å². The van der Waals surface area contributed by atoms with E-state index in [0.717, 1.165) is 23.8 Å². The Bertz CT molecular complexity index is 1900. The molecule has 0 unspecified atom stereocenters. The predicted molar refractivity (Wildman–Crippen MR) is 156 cm³/mol. The summed E-state index contributed by atoms with van der Waals surface area (Å²) in [6.45, 7) is 4.73. The molecule has 226 valence electrons. The molecule has 2 aromatic heterocycles. The van der Waals surface area contributed by atoms with Crippen LogP contribution in [0.2, 0.25) is 5.02 Å². The van der Waals surface area contributed by atoms with Crippen LogP contribution in [0.25, 0.3) is 22.3 Å². The van der Waals surface area contributed by atoms with Crippen molar-refractivity contribution in [1.29, 1.82) is 0 Å². The Morgan fingerprint density at radius 3 is 2.55 bits per heavy atom. The van der Waals surface area contributed by atoms with Crippen LogP contribution in [0.15, 0.2) is 60.8 Å². The minimum atomic E-state index is -1.30. The molecule has 3 aromatic carbocycles. The number of hydrogen-bond acceptors (Lipinski definition) is 6. The highest BCUT2D eigenvalue weighted by Gasteiger charge is 2.39. The number of carboxylic acid groups (broad SMARTS) is 1. The van der Waals surface area contributed by atoms with Gasteiger partial charge in [-0.05, 0) is 53.6 Å². The molecule has 1 N–H and O–H groups in total. The maximum atomic E-state index is 15.6. The van der Waals surface area contributed by atoms with Crippen molar-refractivity contribution in [2.75, 3.05) is 13.2 Å². The first kappa shape index (κ1) is 29.6. The number of aromatic nitrogens is 4. The Morgan fingerprint density at radius 2 is 1.84 bits per heavy atom.